The van der Waals surface area contributed by atoms with E-state index in [0.29, 0.717) is 15.6 Å². The van der Waals surface area contributed by atoms with E-state index in [4.69, 9.17) is 23.2 Å². The van der Waals surface area contributed by atoms with Crippen LogP contribution in [0.15, 0.2) is 59.5 Å². The normalized spacial score (nSPS) is 10.7. The van der Waals surface area contributed by atoms with Crippen LogP contribution >= 0.6 is 23.2 Å². The number of halogens is 2. The highest BCUT2D eigenvalue weighted by atomic mass is 35.5. The highest BCUT2D eigenvalue weighted by Crippen LogP contribution is 2.22. The number of nitrogens with one attached hydrogen (secondary N) is 1. The minimum absolute atomic E-state index is 0.218. The number of hydrogen-bond donors (Lipinski definition) is 1. The van der Waals surface area contributed by atoms with E-state index in [1.165, 1.54) is 22.9 Å². The zero-order valence-corrected chi connectivity index (χ0v) is 16.4. The summed E-state index contributed by atoms with van der Waals surface area (Å²) < 4.78 is 1.45. The van der Waals surface area contributed by atoms with Crippen molar-refractivity contribution in [3.8, 4) is 0 Å². The minimum Gasteiger partial charge on any atom is -0.322 e. The van der Waals surface area contributed by atoms with Gasteiger partial charge >= 0.3 is 0 Å². The molecule has 1 heterocycles. The number of benzene rings is 2. The summed E-state index contributed by atoms with van der Waals surface area (Å²) in [6.07, 6.45) is 1.53. The summed E-state index contributed by atoms with van der Waals surface area (Å²) in [5.74, 6) is -0.280. The van der Waals surface area contributed by atoms with Gasteiger partial charge in [0.1, 0.15) is 0 Å². The van der Waals surface area contributed by atoms with Crippen molar-refractivity contribution in [1.82, 2.24) is 4.57 Å². The first kappa shape index (κ1) is 19.2. The first-order valence-corrected chi connectivity index (χ1v) is 9.12. The third-order valence-corrected chi connectivity index (χ3v) is 4.82. The molecule has 0 spiro atoms. The number of carbonyl (C=O) groups excluding carboxylic acids is 1. The molecular formula is C21H18Cl2N2O2. The third-order valence-electron chi connectivity index (χ3n) is 4.23. The van der Waals surface area contributed by atoms with Gasteiger partial charge in [-0.25, -0.2) is 0 Å². The molecule has 3 aromatic rings. The highest BCUT2D eigenvalue weighted by molar-refractivity contribution is 6.35. The van der Waals surface area contributed by atoms with Crippen LogP contribution in [0.1, 0.15) is 27.0 Å². The van der Waals surface area contributed by atoms with E-state index in [9.17, 15) is 9.59 Å². The molecule has 138 valence electrons. The average Bonchev–Trinajstić information content (AvgIpc) is 2.61. The quantitative estimate of drug-likeness (QED) is 0.664. The predicted molar refractivity (Wildman–Crippen MR) is 110 cm³/mol. The lowest BCUT2D eigenvalue weighted by Crippen LogP contribution is -2.22. The van der Waals surface area contributed by atoms with Gasteiger partial charge in [-0.1, -0.05) is 47.0 Å². The molecule has 0 aliphatic carbocycles. The molecule has 0 saturated carbocycles. The summed E-state index contributed by atoms with van der Waals surface area (Å²) in [7, 11) is 0. The third kappa shape index (κ3) is 4.59. The number of aromatic nitrogens is 1. The summed E-state index contributed by atoms with van der Waals surface area (Å²) in [6, 6.07) is 13.8. The zero-order valence-electron chi connectivity index (χ0n) is 14.9. The van der Waals surface area contributed by atoms with Gasteiger partial charge in [0, 0.05) is 28.0 Å². The van der Waals surface area contributed by atoms with Gasteiger partial charge in [-0.2, -0.15) is 0 Å². The number of anilines is 1. The van der Waals surface area contributed by atoms with Gasteiger partial charge < -0.3 is 9.88 Å². The van der Waals surface area contributed by atoms with E-state index in [1.807, 2.05) is 32.0 Å². The second-order valence-corrected chi connectivity index (χ2v) is 7.24. The van der Waals surface area contributed by atoms with Crippen LogP contribution in [0.4, 0.5) is 5.69 Å². The van der Waals surface area contributed by atoms with Crippen molar-refractivity contribution in [2.75, 3.05) is 5.32 Å². The molecule has 0 fully saturated rings. The number of carbonyl (C=O) groups is 1. The maximum atomic E-state index is 12.6. The molecule has 1 aromatic heterocycles. The number of hydrogen-bond acceptors (Lipinski definition) is 2. The first-order valence-electron chi connectivity index (χ1n) is 8.36. The van der Waals surface area contributed by atoms with Crippen molar-refractivity contribution in [2.24, 2.45) is 0 Å². The Bertz CT molecular complexity index is 1070. The fourth-order valence-electron chi connectivity index (χ4n) is 2.77. The summed E-state index contributed by atoms with van der Waals surface area (Å²) in [4.78, 5) is 24.8. The number of pyridine rings is 1. The monoisotopic (exact) mass is 400 g/mol. The van der Waals surface area contributed by atoms with Gasteiger partial charge in [-0.05, 0) is 49.2 Å². The summed E-state index contributed by atoms with van der Waals surface area (Å²) in [5.41, 5.74) is 3.76. The van der Waals surface area contributed by atoms with Crippen molar-refractivity contribution >= 4 is 34.8 Å². The molecule has 0 saturated heterocycles. The predicted octanol–water partition coefficient (Wildman–Crippen LogP) is 5.07. The molecule has 0 aliphatic rings. The number of nitrogens with zero attached hydrogens (tertiary/aromatic N) is 1. The van der Waals surface area contributed by atoms with E-state index in [0.717, 1.165) is 22.4 Å². The fourth-order valence-corrected chi connectivity index (χ4v) is 3.24. The van der Waals surface area contributed by atoms with Gasteiger partial charge in [0.2, 0.25) is 0 Å². The van der Waals surface area contributed by atoms with Crippen molar-refractivity contribution in [2.45, 2.75) is 20.4 Å². The number of rotatable bonds is 4. The van der Waals surface area contributed by atoms with Crippen LogP contribution in [0.25, 0.3) is 0 Å². The number of amides is 1. The van der Waals surface area contributed by atoms with Crippen LogP contribution in [0, 0.1) is 13.8 Å². The smallest absolute Gasteiger partial charge is 0.257 e. The van der Waals surface area contributed by atoms with Gasteiger partial charge in [0.15, 0.2) is 0 Å². The Morgan fingerprint density at radius 2 is 1.81 bits per heavy atom. The van der Waals surface area contributed by atoms with Crippen LogP contribution in [0.2, 0.25) is 10.0 Å². The van der Waals surface area contributed by atoms with Crippen LogP contribution in [-0.4, -0.2) is 10.5 Å². The van der Waals surface area contributed by atoms with Crippen LogP contribution in [-0.2, 0) is 6.54 Å². The Kier molecular flexibility index (Phi) is 5.68. The van der Waals surface area contributed by atoms with Gasteiger partial charge in [-0.15, -0.1) is 0 Å². The van der Waals surface area contributed by atoms with Gasteiger partial charge in [-0.3, -0.25) is 9.59 Å². The summed E-state index contributed by atoms with van der Waals surface area (Å²) in [5, 5.41) is 3.88. The molecule has 0 aliphatic heterocycles. The Morgan fingerprint density at radius 1 is 1.04 bits per heavy atom. The van der Waals surface area contributed by atoms with Crippen LogP contribution < -0.4 is 10.9 Å². The van der Waals surface area contributed by atoms with E-state index >= 15 is 0 Å². The topological polar surface area (TPSA) is 51.1 Å². The molecule has 0 atom stereocenters. The minimum atomic E-state index is -0.280. The molecule has 2 aromatic carbocycles. The fraction of sp³-hybridized carbons (Fsp3) is 0.143. The molecule has 4 nitrogen and oxygen atoms in total. The molecule has 0 unspecified atom stereocenters. The van der Waals surface area contributed by atoms with E-state index in [1.54, 1.807) is 18.2 Å². The van der Waals surface area contributed by atoms with E-state index < -0.39 is 0 Å². The zero-order chi connectivity index (χ0) is 19.6. The van der Waals surface area contributed by atoms with Crippen LogP contribution in [0.5, 0.6) is 0 Å². The largest absolute Gasteiger partial charge is 0.322 e. The lowest BCUT2D eigenvalue weighted by molar-refractivity contribution is 0.102. The Morgan fingerprint density at radius 3 is 2.52 bits per heavy atom. The van der Waals surface area contributed by atoms with Crippen molar-refractivity contribution < 1.29 is 4.79 Å². The second kappa shape index (κ2) is 7.99. The van der Waals surface area contributed by atoms with Gasteiger partial charge in [0.25, 0.3) is 11.5 Å². The lowest BCUT2D eigenvalue weighted by Gasteiger charge is -2.12. The molecular weight excluding hydrogens is 383 g/mol. The SMILES string of the molecule is Cc1ccc(NC(=O)c2ccc(=O)n(Cc3ccc(Cl)cc3Cl)c2)c(C)c1. The van der Waals surface area contributed by atoms with Gasteiger partial charge in [0.05, 0.1) is 12.1 Å². The Labute approximate surface area is 167 Å². The standard InChI is InChI=1S/C21H18Cl2N2O2/c1-13-3-7-19(14(2)9-13)24-21(27)16-5-8-20(26)25(12-16)11-15-4-6-17(22)10-18(15)23/h3-10,12H,11H2,1-2H3,(H,24,27). The van der Waals surface area contributed by atoms with Crippen molar-refractivity contribution in [1.29, 1.82) is 0 Å². The highest BCUT2D eigenvalue weighted by Gasteiger charge is 2.11. The lowest BCUT2D eigenvalue weighted by atomic mass is 10.1. The molecule has 6 heteroatoms. The molecule has 1 N–H and O–H groups in total. The van der Waals surface area contributed by atoms with E-state index in [2.05, 4.69) is 5.32 Å². The molecule has 0 bridgehead atoms. The van der Waals surface area contributed by atoms with Crippen LogP contribution in [0.3, 0.4) is 0 Å². The average molecular weight is 401 g/mol. The Hall–Kier alpha value is -2.56. The van der Waals surface area contributed by atoms with Crippen molar-refractivity contribution in [3.63, 3.8) is 0 Å². The first-order chi connectivity index (χ1) is 12.8. The molecule has 3 rings (SSSR count). The maximum absolute atomic E-state index is 12.6. The van der Waals surface area contributed by atoms with E-state index in [-0.39, 0.29) is 18.0 Å². The summed E-state index contributed by atoms with van der Waals surface area (Å²) in [6.45, 7) is 4.18. The molecule has 27 heavy (non-hydrogen) atoms. The molecule has 0 radical (unpaired) electrons. The Balaban J connectivity index is 1.86. The molecule has 1 amide bonds. The maximum Gasteiger partial charge on any atom is 0.257 e. The second-order valence-electron chi connectivity index (χ2n) is 6.39. The number of aryl methyl sites for hydroxylation is 2. The van der Waals surface area contributed by atoms with Crippen molar-refractivity contribution in [3.05, 3.63) is 97.4 Å². The summed E-state index contributed by atoms with van der Waals surface area (Å²) >= 11 is 12.1.